The molecule has 2 N–H and O–H groups in total. The highest BCUT2D eigenvalue weighted by atomic mass is 16.6. The first-order valence-electron chi connectivity index (χ1n) is 7.56. The number of methoxy groups -OCH3 is 1. The summed E-state index contributed by atoms with van der Waals surface area (Å²) in [6, 6.07) is 9.98. The summed E-state index contributed by atoms with van der Waals surface area (Å²) < 4.78 is 9.78. The zero-order chi connectivity index (χ0) is 18.4. The summed E-state index contributed by atoms with van der Waals surface area (Å²) in [7, 11) is 1.33. The largest absolute Gasteiger partial charge is 0.465 e. The Morgan fingerprint density at radius 3 is 2.08 bits per heavy atom. The van der Waals surface area contributed by atoms with E-state index in [0.717, 1.165) is 5.69 Å². The summed E-state index contributed by atoms with van der Waals surface area (Å²) in [4.78, 5) is 23.0. The maximum absolute atomic E-state index is 11.7. The highest BCUT2D eigenvalue weighted by molar-refractivity contribution is 5.89. The molecule has 8 heteroatoms. The van der Waals surface area contributed by atoms with Crippen molar-refractivity contribution in [2.24, 2.45) is 0 Å². The predicted molar refractivity (Wildman–Crippen MR) is 93.0 cm³/mol. The van der Waals surface area contributed by atoms with Crippen LogP contribution in [0.1, 0.15) is 31.1 Å². The van der Waals surface area contributed by atoms with Crippen LogP contribution >= 0.6 is 0 Å². The van der Waals surface area contributed by atoms with Crippen LogP contribution in [0.15, 0.2) is 36.4 Å². The van der Waals surface area contributed by atoms with E-state index < -0.39 is 17.7 Å². The van der Waals surface area contributed by atoms with Gasteiger partial charge in [-0.2, -0.15) is 0 Å². The van der Waals surface area contributed by atoms with Crippen molar-refractivity contribution in [1.82, 2.24) is 10.2 Å². The molecule has 132 valence electrons. The molecule has 2 aromatic rings. The molecule has 0 unspecified atom stereocenters. The second kappa shape index (κ2) is 7.61. The molecular weight excluding hydrogens is 324 g/mol. The molecule has 0 aliphatic rings. The summed E-state index contributed by atoms with van der Waals surface area (Å²) in [5.74, 6) is 0.366. The molecule has 0 atom stereocenters. The molecule has 0 fully saturated rings. The van der Waals surface area contributed by atoms with Gasteiger partial charge in [-0.1, -0.05) is 0 Å². The van der Waals surface area contributed by atoms with Crippen molar-refractivity contribution in [3.63, 3.8) is 0 Å². The fourth-order valence-electron chi connectivity index (χ4n) is 1.83. The molecule has 0 saturated heterocycles. The Morgan fingerprint density at radius 2 is 1.56 bits per heavy atom. The molecular formula is C17H20N4O4. The molecule has 0 saturated carbocycles. The molecule has 0 aliphatic heterocycles. The van der Waals surface area contributed by atoms with Gasteiger partial charge in [-0.05, 0) is 57.2 Å². The third-order valence-corrected chi connectivity index (χ3v) is 2.87. The van der Waals surface area contributed by atoms with Crippen LogP contribution < -0.4 is 10.6 Å². The number of aromatic nitrogens is 2. The molecule has 1 amide bonds. The maximum Gasteiger partial charge on any atom is 0.413 e. The Balaban J connectivity index is 1.96. The number of nitrogens with zero attached hydrogens (tertiary/aromatic N) is 2. The minimum atomic E-state index is -0.596. The summed E-state index contributed by atoms with van der Waals surface area (Å²) >= 11 is 0. The first kappa shape index (κ1) is 18.2. The highest BCUT2D eigenvalue weighted by Gasteiger charge is 2.16. The van der Waals surface area contributed by atoms with E-state index >= 15 is 0 Å². The summed E-state index contributed by atoms with van der Waals surface area (Å²) in [5, 5.41) is 13.4. The van der Waals surface area contributed by atoms with E-state index in [1.807, 2.05) is 0 Å². The van der Waals surface area contributed by atoms with Crippen molar-refractivity contribution < 1.29 is 19.1 Å². The number of anilines is 3. The predicted octanol–water partition coefficient (Wildman–Crippen LogP) is 3.35. The van der Waals surface area contributed by atoms with Gasteiger partial charge in [0.15, 0.2) is 11.6 Å². The van der Waals surface area contributed by atoms with Gasteiger partial charge in [0.1, 0.15) is 5.60 Å². The van der Waals surface area contributed by atoms with Gasteiger partial charge in [-0.25, -0.2) is 9.59 Å². The molecule has 1 aromatic heterocycles. The van der Waals surface area contributed by atoms with Gasteiger partial charge in [0, 0.05) is 5.69 Å². The van der Waals surface area contributed by atoms with Gasteiger partial charge in [0.05, 0.1) is 12.7 Å². The molecule has 25 heavy (non-hydrogen) atoms. The summed E-state index contributed by atoms with van der Waals surface area (Å²) in [6.07, 6.45) is -0.596. The van der Waals surface area contributed by atoms with Crippen molar-refractivity contribution in [1.29, 1.82) is 0 Å². The van der Waals surface area contributed by atoms with E-state index in [0.29, 0.717) is 11.4 Å². The van der Waals surface area contributed by atoms with Crippen molar-refractivity contribution >= 4 is 29.4 Å². The minimum absolute atomic E-state index is 0.279. The standard InChI is InChI=1S/C17H20N4O4/c1-17(2,3)25-16(23)19-14-10-9-13(20-21-14)18-12-7-5-11(6-8-12)15(22)24-4/h5-10H,1-4H3,(H,18,20)(H,19,21,23). The van der Waals surface area contributed by atoms with Crippen LogP contribution in [-0.4, -0.2) is 35.0 Å². The number of rotatable bonds is 4. The molecule has 0 aliphatic carbocycles. The molecule has 2 rings (SSSR count). The lowest BCUT2D eigenvalue weighted by molar-refractivity contribution is 0.0598. The molecule has 1 aromatic carbocycles. The van der Waals surface area contributed by atoms with Gasteiger partial charge in [-0.3, -0.25) is 5.32 Å². The van der Waals surface area contributed by atoms with Crippen molar-refractivity contribution in [3.05, 3.63) is 42.0 Å². The van der Waals surface area contributed by atoms with Crippen molar-refractivity contribution in [2.75, 3.05) is 17.7 Å². The Labute approximate surface area is 145 Å². The number of benzene rings is 1. The molecule has 0 spiro atoms. The molecule has 0 bridgehead atoms. The second-order valence-corrected chi connectivity index (χ2v) is 6.12. The van der Waals surface area contributed by atoms with Crippen LogP contribution in [0.3, 0.4) is 0 Å². The van der Waals surface area contributed by atoms with E-state index in [9.17, 15) is 9.59 Å². The SMILES string of the molecule is COC(=O)c1ccc(Nc2ccc(NC(=O)OC(C)(C)C)nn2)cc1. The lowest BCUT2D eigenvalue weighted by Crippen LogP contribution is -2.27. The van der Waals surface area contributed by atoms with Crippen LogP contribution in [0.2, 0.25) is 0 Å². The number of esters is 1. The van der Waals surface area contributed by atoms with Crippen molar-refractivity contribution in [3.8, 4) is 0 Å². The molecule has 8 nitrogen and oxygen atoms in total. The third-order valence-electron chi connectivity index (χ3n) is 2.87. The van der Waals surface area contributed by atoms with E-state index in [2.05, 4.69) is 25.6 Å². The highest BCUT2D eigenvalue weighted by Crippen LogP contribution is 2.16. The van der Waals surface area contributed by atoms with Gasteiger partial charge in [0.2, 0.25) is 0 Å². The van der Waals surface area contributed by atoms with Gasteiger partial charge < -0.3 is 14.8 Å². The Kier molecular flexibility index (Phi) is 5.53. The van der Waals surface area contributed by atoms with Gasteiger partial charge in [-0.15, -0.1) is 10.2 Å². The number of ether oxygens (including phenoxy) is 2. The normalized spacial score (nSPS) is 10.7. The van der Waals surface area contributed by atoms with Crippen LogP contribution in [0.4, 0.5) is 22.1 Å². The number of hydrogen-bond acceptors (Lipinski definition) is 7. The summed E-state index contributed by atoms with van der Waals surface area (Å²) in [5.41, 5.74) is 0.598. The first-order valence-corrected chi connectivity index (χ1v) is 7.56. The first-order chi connectivity index (χ1) is 11.8. The fourth-order valence-corrected chi connectivity index (χ4v) is 1.83. The molecule has 1 heterocycles. The van der Waals surface area contributed by atoms with Crippen molar-refractivity contribution in [2.45, 2.75) is 26.4 Å². The van der Waals surface area contributed by atoms with Gasteiger partial charge >= 0.3 is 12.1 Å². The lowest BCUT2D eigenvalue weighted by Gasteiger charge is -2.19. The third kappa shape index (κ3) is 5.76. The number of hydrogen-bond donors (Lipinski definition) is 2. The second-order valence-electron chi connectivity index (χ2n) is 6.12. The van der Waals surface area contributed by atoms with E-state index in [4.69, 9.17) is 4.74 Å². The quantitative estimate of drug-likeness (QED) is 0.820. The van der Waals surface area contributed by atoms with E-state index in [1.165, 1.54) is 7.11 Å². The summed E-state index contributed by atoms with van der Waals surface area (Å²) in [6.45, 7) is 5.32. The number of nitrogens with one attached hydrogen (secondary N) is 2. The zero-order valence-electron chi connectivity index (χ0n) is 14.5. The monoisotopic (exact) mass is 344 g/mol. The van der Waals surface area contributed by atoms with Crippen LogP contribution in [0.25, 0.3) is 0 Å². The van der Waals surface area contributed by atoms with Crippen LogP contribution in [-0.2, 0) is 9.47 Å². The average molecular weight is 344 g/mol. The number of carbonyl (C=O) groups excluding carboxylic acids is 2. The minimum Gasteiger partial charge on any atom is -0.465 e. The van der Waals surface area contributed by atoms with E-state index in [1.54, 1.807) is 57.2 Å². The Morgan fingerprint density at radius 1 is 0.960 bits per heavy atom. The molecule has 0 radical (unpaired) electrons. The van der Waals surface area contributed by atoms with Gasteiger partial charge in [0.25, 0.3) is 0 Å². The Bertz CT molecular complexity index is 737. The number of amides is 1. The Hall–Kier alpha value is -3.16. The zero-order valence-corrected chi connectivity index (χ0v) is 14.5. The van der Waals surface area contributed by atoms with E-state index in [-0.39, 0.29) is 5.82 Å². The average Bonchev–Trinajstić information content (AvgIpc) is 2.55. The number of carbonyl (C=O) groups is 2. The maximum atomic E-state index is 11.7. The van der Waals surface area contributed by atoms with Crippen LogP contribution in [0.5, 0.6) is 0 Å². The van der Waals surface area contributed by atoms with Crippen LogP contribution in [0, 0.1) is 0 Å². The fraction of sp³-hybridized carbons (Fsp3) is 0.294. The smallest absolute Gasteiger partial charge is 0.413 e. The lowest BCUT2D eigenvalue weighted by atomic mass is 10.2. The topological polar surface area (TPSA) is 102 Å².